The van der Waals surface area contributed by atoms with Crippen LogP contribution in [-0.4, -0.2) is 0 Å². The normalized spacial score (nSPS) is 12.7. The third kappa shape index (κ3) is 4.38. The van der Waals surface area contributed by atoms with Crippen LogP contribution in [-0.2, 0) is 6.42 Å². The lowest BCUT2D eigenvalue weighted by Crippen LogP contribution is -1.90. The van der Waals surface area contributed by atoms with Gasteiger partial charge in [-0.05, 0) is 30.4 Å². The van der Waals surface area contributed by atoms with Crippen LogP contribution < -0.4 is 0 Å². The third-order valence-electron chi connectivity index (χ3n) is 2.70. The molecule has 0 aliphatic carbocycles. The van der Waals surface area contributed by atoms with E-state index in [0.29, 0.717) is 4.83 Å². The zero-order chi connectivity index (χ0) is 11.1. The van der Waals surface area contributed by atoms with Crippen LogP contribution in [0.5, 0.6) is 0 Å². The highest BCUT2D eigenvalue weighted by molar-refractivity contribution is 9.09. The molecule has 0 N–H and O–H groups in total. The molecule has 0 bridgehead atoms. The van der Waals surface area contributed by atoms with Crippen molar-refractivity contribution >= 4 is 15.9 Å². The quantitative estimate of drug-likeness (QED) is 0.617. The molecule has 15 heavy (non-hydrogen) atoms. The molecule has 0 saturated carbocycles. The molecule has 0 amide bonds. The van der Waals surface area contributed by atoms with Gasteiger partial charge in [0.15, 0.2) is 0 Å². The zero-order valence-electron chi connectivity index (χ0n) is 9.80. The molecule has 84 valence electrons. The first-order valence-electron chi connectivity index (χ1n) is 6.00. The summed E-state index contributed by atoms with van der Waals surface area (Å²) in [5.74, 6) is 0. The lowest BCUT2D eigenvalue weighted by Gasteiger charge is -2.09. The van der Waals surface area contributed by atoms with Gasteiger partial charge in [0.1, 0.15) is 0 Å². The fourth-order valence-corrected chi connectivity index (χ4v) is 2.46. The molecular weight excluding hydrogens is 248 g/mol. The number of alkyl halides is 1. The van der Waals surface area contributed by atoms with Crippen LogP contribution >= 0.6 is 15.9 Å². The van der Waals surface area contributed by atoms with Crippen molar-refractivity contribution in [2.45, 2.75) is 50.8 Å². The van der Waals surface area contributed by atoms with Crippen molar-refractivity contribution in [3.63, 3.8) is 0 Å². The van der Waals surface area contributed by atoms with Gasteiger partial charge < -0.3 is 0 Å². The Morgan fingerprint density at radius 2 is 1.73 bits per heavy atom. The zero-order valence-corrected chi connectivity index (χ0v) is 11.4. The van der Waals surface area contributed by atoms with E-state index in [1.54, 1.807) is 0 Å². The second-order valence-electron chi connectivity index (χ2n) is 4.10. The SMILES string of the molecule is CCCCc1ccc(C(Br)CCC)cc1. The summed E-state index contributed by atoms with van der Waals surface area (Å²) in [6.07, 6.45) is 6.24. The first-order valence-corrected chi connectivity index (χ1v) is 6.92. The maximum atomic E-state index is 3.72. The van der Waals surface area contributed by atoms with E-state index in [-0.39, 0.29) is 0 Å². The summed E-state index contributed by atoms with van der Waals surface area (Å²) in [7, 11) is 0. The number of rotatable bonds is 6. The van der Waals surface area contributed by atoms with Gasteiger partial charge in [-0.3, -0.25) is 0 Å². The summed E-state index contributed by atoms with van der Waals surface area (Å²) < 4.78 is 0. The summed E-state index contributed by atoms with van der Waals surface area (Å²) in [5, 5.41) is 0. The Morgan fingerprint density at radius 3 is 2.27 bits per heavy atom. The summed E-state index contributed by atoms with van der Waals surface area (Å²) in [6, 6.07) is 9.07. The molecular formula is C14H21Br. The van der Waals surface area contributed by atoms with Crippen molar-refractivity contribution in [2.75, 3.05) is 0 Å². The van der Waals surface area contributed by atoms with Crippen LogP contribution in [0, 0.1) is 0 Å². The highest BCUT2D eigenvalue weighted by atomic mass is 79.9. The van der Waals surface area contributed by atoms with E-state index in [1.165, 1.54) is 43.2 Å². The Kier molecular flexibility index (Phi) is 6.00. The minimum absolute atomic E-state index is 0.530. The molecule has 1 atom stereocenters. The minimum atomic E-state index is 0.530. The smallest absolute Gasteiger partial charge is 0.0395 e. The summed E-state index contributed by atoms with van der Waals surface area (Å²) in [5.41, 5.74) is 2.88. The van der Waals surface area contributed by atoms with Gasteiger partial charge in [0.2, 0.25) is 0 Å². The highest BCUT2D eigenvalue weighted by Crippen LogP contribution is 2.27. The average Bonchev–Trinajstić information content (AvgIpc) is 2.27. The molecule has 0 aliphatic rings. The van der Waals surface area contributed by atoms with E-state index in [4.69, 9.17) is 0 Å². The van der Waals surface area contributed by atoms with E-state index in [1.807, 2.05) is 0 Å². The molecule has 1 aromatic rings. The van der Waals surface area contributed by atoms with Crippen LogP contribution in [0.3, 0.4) is 0 Å². The summed E-state index contributed by atoms with van der Waals surface area (Å²) >= 11 is 3.72. The van der Waals surface area contributed by atoms with E-state index >= 15 is 0 Å². The van der Waals surface area contributed by atoms with Gasteiger partial charge in [-0.15, -0.1) is 0 Å². The molecule has 0 heterocycles. The number of halogens is 1. The van der Waals surface area contributed by atoms with Gasteiger partial charge in [-0.1, -0.05) is 66.9 Å². The fourth-order valence-electron chi connectivity index (χ4n) is 1.69. The summed E-state index contributed by atoms with van der Waals surface area (Å²) in [4.78, 5) is 0.530. The molecule has 1 aromatic carbocycles. The largest absolute Gasteiger partial charge is 0.0839 e. The molecule has 1 heteroatoms. The van der Waals surface area contributed by atoms with Crippen molar-refractivity contribution < 1.29 is 0 Å². The maximum Gasteiger partial charge on any atom is 0.0395 e. The summed E-state index contributed by atoms with van der Waals surface area (Å²) in [6.45, 7) is 4.47. The van der Waals surface area contributed by atoms with Gasteiger partial charge in [0.25, 0.3) is 0 Å². The molecule has 0 fully saturated rings. The lowest BCUT2D eigenvalue weighted by atomic mass is 10.0. The molecule has 1 rings (SSSR count). The van der Waals surface area contributed by atoms with Gasteiger partial charge in [-0.25, -0.2) is 0 Å². The number of unbranched alkanes of at least 4 members (excludes halogenated alkanes) is 1. The first kappa shape index (κ1) is 12.8. The topological polar surface area (TPSA) is 0 Å². The molecule has 1 unspecified atom stereocenters. The molecule has 0 aliphatic heterocycles. The van der Waals surface area contributed by atoms with E-state index < -0.39 is 0 Å². The Hall–Kier alpha value is -0.300. The number of benzene rings is 1. The van der Waals surface area contributed by atoms with Crippen molar-refractivity contribution in [2.24, 2.45) is 0 Å². The van der Waals surface area contributed by atoms with E-state index in [9.17, 15) is 0 Å². The van der Waals surface area contributed by atoms with Crippen LogP contribution in [0.1, 0.15) is 55.5 Å². The van der Waals surface area contributed by atoms with Crippen molar-refractivity contribution in [3.05, 3.63) is 35.4 Å². The number of hydrogen-bond acceptors (Lipinski definition) is 0. The van der Waals surface area contributed by atoms with E-state index in [2.05, 4.69) is 54.0 Å². The third-order valence-corrected chi connectivity index (χ3v) is 3.69. The first-order chi connectivity index (χ1) is 7.27. The number of hydrogen-bond donors (Lipinski definition) is 0. The van der Waals surface area contributed by atoms with Crippen LogP contribution in [0.15, 0.2) is 24.3 Å². The lowest BCUT2D eigenvalue weighted by molar-refractivity contribution is 0.782. The fraction of sp³-hybridized carbons (Fsp3) is 0.571. The Morgan fingerprint density at radius 1 is 1.07 bits per heavy atom. The van der Waals surface area contributed by atoms with Crippen molar-refractivity contribution in [1.82, 2.24) is 0 Å². The van der Waals surface area contributed by atoms with Crippen LogP contribution in [0.25, 0.3) is 0 Å². The van der Waals surface area contributed by atoms with Gasteiger partial charge >= 0.3 is 0 Å². The van der Waals surface area contributed by atoms with Crippen molar-refractivity contribution in [3.8, 4) is 0 Å². The Bertz CT molecular complexity index is 263. The predicted octanol–water partition coefficient (Wildman–Crippen LogP) is 5.27. The van der Waals surface area contributed by atoms with Gasteiger partial charge in [-0.2, -0.15) is 0 Å². The van der Waals surface area contributed by atoms with Crippen molar-refractivity contribution in [1.29, 1.82) is 0 Å². The number of aryl methyl sites for hydroxylation is 1. The van der Waals surface area contributed by atoms with E-state index in [0.717, 1.165) is 0 Å². The molecule has 0 saturated heterocycles. The van der Waals surface area contributed by atoms with Crippen LogP contribution in [0.4, 0.5) is 0 Å². The molecule has 0 aromatic heterocycles. The average molecular weight is 269 g/mol. The Balaban J connectivity index is 2.55. The second kappa shape index (κ2) is 7.05. The van der Waals surface area contributed by atoms with Gasteiger partial charge in [0, 0.05) is 4.83 Å². The monoisotopic (exact) mass is 268 g/mol. The standard InChI is InChI=1S/C14H21Br/c1-3-5-7-12-8-10-13(11-9-12)14(15)6-4-2/h8-11,14H,3-7H2,1-2H3. The minimum Gasteiger partial charge on any atom is -0.0839 e. The molecule has 0 spiro atoms. The van der Waals surface area contributed by atoms with Crippen LogP contribution in [0.2, 0.25) is 0 Å². The van der Waals surface area contributed by atoms with Gasteiger partial charge in [0.05, 0.1) is 0 Å². The Labute approximate surface area is 102 Å². The predicted molar refractivity (Wildman–Crippen MR) is 71.6 cm³/mol. The molecule has 0 nitrogen and oxygen atoms in total. The highest BCUT2D eigenvalue weighted by Gasteiger charge is 2.05. The second-order valence-corrected chi connectivity index (χ2v) is 5.21. The maximum absolute atomic E-state index is 3.72. The molecule has 0 radical (unpaired) electrons.